The first kappa shape index (κ1) is 19.7. The van der Waals surface area contributed by atoms with Crippen LogP contribution < -0.4 is 0 Å². The Labute approximate surface area is 125 Å². The molecule has 120 valence electrons. The van der Waals surface area contributed by atoms with Crippen molar-refractivity contribution in [1.29, 1.82) is 0 Å². The molecular formula is C16H32O3S. The Kier molecular flexibility index (Phi) is 13.4. The smallest absolute Gasteiger partial charge is 0.282 e. The average Bonchev–Trinajstić information content (AvgIpc) is 2.38. The van der Waals surface area contributed by atoms with Crippen LogP contribution in [0.2, 0.25) is 0 Å². The van der Waals surface area contributed by atoms with E-state index in [9.17, 15) is 8.42 Å². The maximum Gasteiger partial charge on any atom is 0.287 e. The fourth-order valence-corrected chi connectivity index (χ4v) is 2.67. The molecule has 0 spiro atoms. The van der Waals surface area contributed by atoms with Crippen LogP contribution in [0.25, 0.3) is 0 Å². The number of unbranched alkanes of at least 4 members (excludes halogenated alkanes) is 12. The van der Waals surface area contributed by atoms with Crippen molar-refractivity contribution in [2.24, 2.45) is 0 Å². The Morgan fingerprint density at radius 2 is 1.15 bits per heavy atom. The minimum absolute atomic E-state index is 0.733. The van der Waals surface area contributed by atoms with Crippen LogP contribution in [0, 0.1) is 0 Å². The van der Waals surface area contributed by atoms with Crippen LogP contribution in [0.15, 0.2) is 11.5 Å². The second kappa shape index (κ2) is 13.6. The summed E-state index contributed by atoms with van der Waals surface area (Å²) in [4.78, 5) is 0. The third kappa shape index (κ3) is 17.6. The molecule has 0 aliphatic rings. The van der Waals surface area contributed by atoms with E-state index in [1.165, 1.54) is 70.3 Å². The van der Waals surface area contributed by atoms with Crippen LogP contribution in [-0.4, -0.2) is 13.0 Å². The number of hydrogen-bond donors (Lipinski definition) is 1. The molecule has 0 saturated heterocycles. The van der Waals surface area contributed by atoms with Gasteiger partial charge in [0.2, 0.25) is 0 Å². The van der Waals surface area contributed by atoms with E-state index in [4.69, 9.17) is 4.55 Å². The van der Waals surface area contributed by atoms with Gasteiger partial charge in [-0.15, -0.1) is 0 Å². The Balaban J connectivity index is 3.12. The van der Waals surface area contributed by atoms with Crippen LogP contribution in [0.4, 0.5) is 0 Å². The van der Waals surface area contributed by atoms with Crippen molar-refractivity contribution < 1.29 is 13.0 Å². The molecule has 0 heterocycles. The first-order valence-electron chi connectivity index (χ1n) is 8.20. The van der Waals surface area contributed by atoms with Gasteiger partial charge in [-0.2, -0.15) is 8.42 Å². The quantitative estimate of drug-likeness (QED) is 0.341. The highest BCUT2D eigenvalue weighted by atomic mass is 32.2. The maximum atomic E-state index is 10.4. The molecule has 0 aromatic rings. The van der Waals surface area contributed by atoms with Crippen LogP contribution in [-0.2, 0) is 10.1 Å². The second-order valence-corrected chi connectivity index (χ2v) is 6.87. The highest BCUT2D eigenvalue weighted by molar-refractivity contribution is 7.88. The van der Waals surface area contributed by atoms with Crippen LogP contribution in [0.1, 0.15) is 90.4 Å². The van der Waals surface area contributed by atoms with E-state index < -0.39 is 10.1 Å². The number of allylic oxidation sites excluding steroid dienone is 1. The van der Waals surface area contributed by atoms with E-state index >= 15 is 0 Å². The minimum Gasteiger partial charge on any atom is -0.282 e. The third-order valence-corrected chi connectivity index (χ3v) is 4.03. The first-order chi connectivity index (χ1) is 9.56. The largest absolute Gasteiger partial charge is 0.287 e. The van der Waals surface area contributed by atoms with Crippen LogP contribution >= 0.6 is 0 Å². The minimum atomic E-state index is -3.92. The summed E-state index contributed by atoms with van der Waals surface area (Å²) in [7, 11) is -3.92. The molecule has 0 saturated carbocycles. The van der Waals surface area contributed by atoms with Gasteiger partial charge in [-0.05, 0) is 12.8 Å². The molecule has 0 aliphatic heterocycles. The average molecular weight is 304 g/mol. The summed E-state index contributed by atoms with van der Waals surface area (Å²) < 4.78 is 29.3. The van der Waals surface area contributed by atoms with Crippen molar-refractivity contribution in [3.8, 4) is 0 Å². The van der Waals surface area contributed by atoms with E-state index in [1.54, 1.807) is 0 Å². The fraction of sp³-hybridized carbons (Fsp3) is 0.875. The Morgan fingerprint density at radius 1 is 0.750 bits per heavy atom. The summed E-state index contributed by atoms with van der Waals surface area (Å²) in [6.07, 6.45) is 17.9. The van der Waals surface area contributed by atoms with E-state index in [0.717, 1.165) is 24.7 Å². The zero-order chi connectivity index (χ0) is 15.1. The van der Waals surface area contributed by atoms with E-state index in [-0.39, 0.29) is 0 Å². The summed E-state index contributed by atoms with van der Waals surface area (Å²) >= 11 is 0. The highest BCUT2D eigenvalue weighted by Gasteiger charge is 1.95. The van der Waals surface area contributed by atoms with Crippen molar-refractivity contribution >= 4 is 10.1 Å². The van der Waals surface area contributed by atoms with Crippen molar-refractivity contribution in [3.05, 3.63) is 11.5 Å². The lowest BCUT2D eigenvalue weighted by atomic mass is 10.0. The monoisotopic (exact) mass is 304 g/mol. The third-order valence-electron chi connectivity index (χ3n) is 3.49. The molecule has 0 unspecified atom stereocenters. The van der Waals surface area contributed by atoms with Crippen molar-refractivity contribution in [2.45, 2.75) is 90.4 Å². The lowest BCUT2D eigenvalue weighted by Gasteiger charge is -2.02. The van der Waals surface area contributed by atoms with E-state index in [0.29, 0.717) is 0 Å². The van der Waals surface area contributed by atoms with Gasteiger partial charge in [0.25, 0.3) is 10.1 Å². The molecule has 0 fully saturated rings. The first-order valence-corrected chi connectivity index (χ1v) is 9.70. The van der Waals surface area contributed by atoms with Crippen molar-refractivity contribution in [1.82, 2.24) is 0 Å². The predicted molar refractivity (Wildman–Crippen MR) is 86.4 cm³/mol. The molecule has 3 nitrogen and oxygen atoms in total. The SMILES string of the molecule is CCCCCCCCCCCCCC/C=C\S(=O)(=O)O. The molecule has 0 bridgehead atoms. The molecule has 0 amide bonds. The Hall–Kier alpha value is -0.350. The van der Waals surface area contributed by atoms with Crippen molar-refractivity contribution in [3.63, 3.8) is 0 Å². The molecule has 0 radical (unpaired) electrons. The molecule has 0 atom stereocenters. The number of hydrogen-bond acceptors (Lipinski definition) is 2. The van der Waals surface area contributed by atoms with E-state index in [1.807, 2.05) is 0 Å². The molecule has 20 heavy (non-hydrogen) atoms. The van der Waals surface area contributed by atoms with Gasteiger partial charge in [0, 0.05) is 0 Å². The lowest BCUT2D eigenvalue weighted by molar-refractivity contribution is 0.494. The molecule has 0 aliphatic carbocycles. The van der Waals surface area contributed by atoms with Crippen LogP contribution in [0.5, 0.6) is 0 Å². The normalized spacial score (nSPS) is 12.3. The standard InChI is InChI=1S/C16H32O3S/c1-2-3-4-5-6-7-8-9-10-11-12-13-14-15-16-20(17,18)19/h15-16H,2-14H2,1H3,(H,17,18,19)/b16-15-. The number of rotatable bonds is 14. The van der Waals surface area contributed by atoms with E-state index in [2.05, 4.69) is 6.92 Å². The van der Waals surface area contributed by atoms with Gasteiger partial charge < -0.3 is 0 Å². The summed E-state index contributed by atoms with van der Waals surface area (Å²) in [5, 5.41) is 0.880. The zero-order valence-corrected chi connectivity index (χ0v) is 13.8. The second-order valence-electron chi connectivity index (χ2n) is 5.56. The fourth-order valence-electron chi connectivity index (χ4n) is 2.29. The van der Waals surface area contributed by atoms with Gasteiger partial charge in [0.15, 0.2) is 0 Å². The molecule has 4 heteroatoms. The summed E-state index contributed by atoms with van der Waals surface area (Å²) in [6.45, 7) is 2.25. The zero-order valence-electron chi connectivity index (χ0n) is 13.0. The van der Waals surface area contributed by atoms with Crippen molar-refractivity contribution in [2.75, 3.05) is 0 Å². The molecular weight excluding hydrogens is 272 g/mol. The van der Waals surface area contributed by atoms with Gasteiger partial charge in [-0.3, -0.25) is 4.55 Å². The Bertz CT molecular complexity index is 321. The molecule has 0 rings (SSSR count). The maximum absolute atomic E-state index is 10.4. The van der Waals surface area contributed by atoms with Gasteiger partial charge >= 0.3 is 0 Å². The topological polar surface area (TPSA) is 54.4 Å². The summed E-state index contributed by atoms with van der Waals surface area (Å²) in [6, 6.07) is 0. The van der Waals surface area contributed by atoms with Gasteiger partial charge in [-0.25, -0.2) is 0 Å². The molecule has 0 aromatic carbocycles. The summed E-state index contributed by atoms with van der Waals surface area (Å²) in [5.74, 6) is 0. The van der Waals surface area contributed by atoms with Gasteiger partial charge in [-0.1, -0.05) is 83.6 Å². The Morgan fingerprint density at radius 3 is 1.55 bits per heavy atom. The van der Waals surface area contributed by atoms with Crippen LogP contribution in [0.3, 0.4) is 0 Å². The highest BCUT2D eigenvalue weighted by Crippen LogP contribution is 2.12. The van der Waals surface area contributed by atoms with Gasteiger partial charge in [0.05, 0.1) is 5.41 Å². The van der Waals surface area contributed by atoms with Gasteiger partial charge in [0.1, 0.15) is 0 Å². The molecule has 0 aromatic heterocycles. The molecule has 1 N–H and O–H groups in total. The lowest BCUT2D eigenvalue weighted by Crippen LogP contribution is -1.89. The predicted octanol–water partition coefficient (Wildman–Crippen LogP) is 5.48. The summed E-state index contributed by atoms with van der Waals surface area (Å²) in [5.41, 5.74) is 0.